The molecule has 1 aromatic heterocycles. The summed E-state index contributed by atoms with van der Waals surface area (Å²) in [7, 11) is 1.56. The van der Waals surface area contributed by atoms with E-state index in [0.29, 0.717) is 22.6 Å². The van der Waals surface area contributed by atoms with Gasteiger partial charge in [-0.2, -0.15) is 0 Å². The molecule has 1 aromatic carbocycles. The number of methoxy groups -OCH3 is 1. The Balaban J connectivity index is 2.66. The van der Waals surface area contributed by atoms with Crippen LogP contribution in [0.1, 0.15) is 11.1 Å². The van der Waals surface area contributed by atoms with E-state index in [1.807, 2.05) is 13.0 Å². The van der Waals surface area contributed by atoms with Crippen molar-refractivity contribution in [2.45, 2.75) is 13.8 Å². The summed E-state index contributed by atoms with van der Waals surface area (Å²) in [6, 6.07) is 3.41. The van der Waals surface area contributed by atoms with E-state index in [1.54, 1.807) is 20.1 Å². The van der Waals surface area contributed by atoms with Gasteiger partial charge in [0.1, 0.15) is 11.5 Å². The van der Waals surface area contributed by atoms with Crippen LogP contribution < -0.4 is 10.5 Å². The molecule has 0 aliphatic rings. The van der Waals surface area contributed by atoms with Crippen LogP contribution in [0.15, 0.2) is 16.7 Å². The number of aromatic nitrogens is 1. The van der Waals surface area contributed by atoms with Crippen LogP contribution in [0.2, 0.25) is 0 Å². The number of nitrogens with two attached hydrogens (primary N) is 1. The molecule has 0 amide bonds. The van der Waals surface area contributed by atoms with E-state index in [1.165, 1.54) is 0 Å². The third-order valence-electron chi connectivity index (χ3n) is 2.70. The summed E-state index contributed by atoms with van der Waals surface area (Å²) in [5.74, 6) is 1.49. The molecule has 0 atom stereocenters. The smallest absolute Gasteiger partial charge is 0.173 e. The van der Waals surface area contributed by atoms with Crippen molar-refractivity contribution in [2.24, 2.45) is 0 Å². The minimum absolute atomic E-state index is 0.123. The topological polar surface area (TPSA) is 81.5 Å². The molecule has 5 heteroatoms. The Hall–Kier alpha value is -2.17. The van der Waals surface area contributed by atoms with Crippen molar-refractivity contribution >= 4 is 5.82 Å². The van der Waals surface area contributed by atoms with Crippen molar-refractivity contribution in [3.63, 3.8) is 0 Å². The molecule has 2 rings (SSSR count). The van der Waals surface area contributed by atoms with Gasteiger partial charge in [0.2, 0.25) is 0 Å². The molecule has 2 aromatic rings. The lowest BCUT2D eigenvalue weighted by Crippen LogP contribution is -1.92. The molecule has 0 unspecified atom stereocenters. The second-order valence-electron chi connectivity index (χ2n) is 3.86. The molecule has 0 radical (unpaired) electrons. The second kappa shape index (κ2) is 4.01. The number of anilines is 1. The van der Waals surface area contributed by atoms with E-state index in [-0.39, 0.29) is 11.6 Å². The van der Waals surface area contributed by atoms with Gasteiger partial charge in [-0.3, -0.25) is 0 Å². The molecule has 0 bridgehead atoms. The number of ether oxygens (including phenoxy) is 1. The number of nitrogens with zero attached hydrogens (tertiary/aromatic N) is 1. The summed E-state index contributed by atoms with van der Waals surface area (Å²) in [4.78, 5) is 0. The van der Waals surface area contributed by atoms with E-state index < -0.39 is 0 Å². The fourth-order valence-corrected chi connectivity index (χ4v) is 1.80. The number of rotatable bonds is 2. The molecule has 0 aliphatic heterocycles. The Bertz CT molecular complexity index is 561. The molecule has 0 spiro atoms. The Kier molecular flexibility index (Phi) is 2.67. The molecular weight excluding hydrogens is 220 g/mol. The minimum atomic E-state index is 0.123. The van der Waals surface area contributed by atoms with Gasteiger partial charge in [-0.1, -0.05) is 5.16 Å². The van der Waals surface area contributed by atoms with Crippen molar-refractivity contribution in [3.05, 3.63) is 23.3 Å². The normalized spacial score (nSPS) is 10.5. The summed E-state index contributed by atoms with van der Waals surface area (Å²) in [6.45, 7) is 3.63. The maximum atomic E-state index is 10.1. The van der Waals surface area contributed by atoms with Crippen LogP contribution in [-0.4, -0.2) is 17.4 Å². The third kappa shape index (κ3) is 1.80. The van der Waals surface area contributed by atoms with Crippen LogP contribution in [0.5, 0.6) is 11.5 Å². The highest BCUT2D eigenvalue weighted by Crippen LogP contribution is 2.40. The number of benzene rings is 1. The SMILES string of the molecule is COc1cc(C)c(-c2cc(N)no2)c(O)c1C. The monoisotopic (exact) mass is 234 g/mol. The molecule has 3 N–H and O–H groups in total. The van der Waals surface area contributed by atoms with Gasteiger partial charge in [-0.25, -0.2) is 0 Å². The highest BCUT2D eigenvalue weighted by atomic mass is 16.5. The maximum Gasteiger partial charge on any atom is 0.173 e. The Morgan fingerprint density at radius 3 is 2.59 bits per heavy atom. The highest BCUT2D eigenvalue weighted by Gasteiger charge is 2.18. The average Bonchev–Trinajstić information content (AvgIpc) is 2.70. The van der Waals surface area contributed by atoms with E-state index in [4.69, 9.17) is 15.0 Å². The first-order valence-corrected chi connectivity index (χ1v) is 5.14. The Morgan fingerprint density at radius 1 is 1.35 bits per heavy atom. The van der Waals surface area contributed by atoms with Crippen LogP contribution in [0.25, 0.3) is 11.3 Å². The van der Waals surface area contributed by atoms with Crippen LogP contribution in [0, 0.1) is 13.8 Å². The lowest BCUT2D eigenvalue weighted by Gasteiger charge is -2.12. The van der Waals surface area contributed by atoms with Gasteiger partial charge in [0, 0.05) is 11.6 Å². The highest BCUT2D eigenvalue weighted by molar-refractivity contribution is 5.74. The minimum Gasteiger partial charge on any atom is -0.507 e. The van der Waals surface area contributed by atoms with Crippen LogP contribution in [0.3, 0.4) is 0 Å². The van der Waals surface area contributed by atoms with Gasteiger partial charge in [0.25, 0.3) is 0 Å². The summed E-state index contributed by atoms with van der Waals surface area (Å²) >= 11 is 0. The molecule has 0 saturated heterocycles. The molecule has 90 valence electrons. The van der Waals surface area contributed by atoms with Crippen molar-refractivity contribution in [1.82, 2.24) is 5.16 Å². The summed E-state index contributed by atoms with van der Waals surface area (Å²) in [5.41, 5.74) is 7.58. The summed E-state index contributed by atoms with van der Waals surface area (Å²) in [6.07, 6.45) is 0. The largest absolute Gasteiger partial charge is 0.507 e. The summed E-state index contributed by atoms with van der Waals surface area (Å²) in [5, 5.41) is 13.8. The van der Waals surface area contributed by atoms with Gasteiger partial charge in [0.15, 0.2) is 11.6 Å². The van der Waals surface area contributed by atoms with E-state index >= 15 is 0 Å². The molecule has 0 aliphatic carbocycles. The average molecular weight is 234 g/mol. The first kappa shape index (κ1) is 11.3. The van der Waals surface area contributed by atoms with E-state index in [0.717, 1.165) is 5.56 Å². The Labute approximate surface area is 98.8 Å². The standard InChI is InChI=1S/C12H14N2O3/c1-6-4-8(16-3)7(2)12(15)11(6)9-5-10(13)14-17-9/h4-5,15H,1-3H3,(H2,13,14). The molecule has 17 heavy (non-hydrogen) atoms. The molecule has 0 saturated carbocycles. The zero-order chi connectivity index (χ0) is 12.6. The number of aromatic hydroxyl groups is 1. The zero-order valence-corrected chi connectivity index (χ0v) is 9.94. The van der Waals surface area contributed by atoms with E-state index in [9.17, 15) is 5.11 Å². The van der Waals surface area contributed by atoms with E-state index in [2.05, 4.69) is 5.16 Å². The first-order chi connectivity index (χ1) is 8.04. The van der Waals surface area contributed by atoms with Crippen LogP contribution in [-0.2, 0) is 0 Å². The molecule has 0 fully saturated rings. The van der Waals surface area contributed by atoms with Gasteiger partial charge >= 0.3 is 0 Å². The van der Waals surface area contributed by atoms with Crippen molar-refractivity contribution in [2.75, 3.05) is 12.8 Å². The number of hydrogen-bond acceptors (Lipinski definition) is 5. The van der Waals surface area contributed by atoms with Gasteiger partial charge in [0.05, 0.1) is 12.7 Å². The van der Waals surface area contributed by atoms with Crippen molar-refractivity contribution < 1.29 is 14.4 Å². The first-order valence-electron chi connectivity index (χ1n) is 5.14. The number of nitrogen functional groups attached to an aromatic ring is 1. The molecular formula is C12H14N2O3. The van der Waals surface area contributed by atoms with Gasteiger partial charge < -0.3 is 20.1 Å². The number of aryl methyl sites for hydroxylation is 1. The maximum absolute atomic E-state index is 10.1. The number of hydrogen-bond donors (Lipinski definition) is 2. The third-order valence-corrected chi connectivity index (χ3v) is 2.70. The van der Waals surface area contributed by atoms with Crippen molar-refractivity contribution in [3.8, 4) is 22.8 Å². The summed E-state index contributed by atoms with van der Waals surface area (Å²) < 4.78 is 10.2. The predicted octanol–water partition coefficient (Wildman–Crippen LogP) is 2.25. The van der Waals surface area contributed by atoms with Crippen LogP contribution in [0.4, 0.5) is 5.82 Å². The van der Waals surface area contributed by atoms with Gasteiger partial charge in [-0.05, 0) is 25.5 Å². The van der Waals surface area contributed by atoms with Crippen molar-refractivity contribution in [1.29, 1.82) is 0 Å². The predicted molar refractivity (Wildman–Crippen MR) is 64.0 cm³/mol. The lowest BCUT2D eigenvalue weighted by atomic mass is 10.0. The number of phenolic OH excluding ortho intramolecular Hbond substituents is 1. The molecule has 1 heterocycles. The van der Waals surface area contributed by atoms with Crippen LogP contribution >= 0.6 is 0 Å². The second-order valence-corrected chi connectivity index (χ2v) is 3.86. The lowest BCUT2D eigenvalue weighted by molar-refractivity contribution is 0.400. The number of phenols is 1. The fourth-order valence-electron chi connectivity index (χ4n) is 1.80. The quantitative estimate of drug-likeness (QED) is 0.832. The fraction of sp³-hybridized carbons (Fsp3) is 0.250. The van der Waals surface area contributed by atoms with Gasteiger partial charge in [-0.15, -0.1) is 0 Å². The zero-order valence-electron chi connectivity index (χ0n) is 9.94. The Morgan fingerprint density at radius 2 is 2.06 bits per heavy atom. The molecule has 5 nitrogen and oxygen atoms in total.